The number of hydrogen-bond donors (Lipinski definition) is 0. The number of hydrogen-bond acceptors (Lipinski definition) is 2. The molecular formula is C10H10ClNS. The first-order valence-electron chi connectivity index (χ1n) is 4.43. The first kappa shape index (κ1) is 9.05. The third kappa shape index (κ3) is 1.37. The number of fused-ring (bicyclic) bond motifs is 1. The third-order valence-electron chi connectivity index (χ3n) is 2.47. The molecule has 0 radical (unpaired) electrons. The molecule has 0 bridgehead atoms. The molecule has 13 heavy (non-hydrogen) atoms. The second kappa shape index (κ2) is 3.32. The molecule has 0 saturated carbocycles. The van der Waals surface area contributed by atoms with Crippen molar-refractivity contribution in [2.75, 3.05) is 0 Å². The summed E-state index contributed by atoms with van der Waals surface area (Å²) < 4.78 is 0. The van der Waals surface area contributed by atoms with Crippen molar-refractivity contribution in [2.45, 2.75) is 32.1 Å². The van der Waals surface area contributed by atoms with Gasteiger partial charge in [-0.15, -0.1) is 11.3 Å². The van der Waals surface area contributed by atoms with Crippen molar-refractivity contribution in [1.29, 1.82) is 5.26 Å². The average Bonchev–Trinajstić information content (AvgIpc) is 2.68. The van der Waals surface area contributed by atoms with Gasteiger partial charge in [0, 0.05) is 9.75 Å². The minimum atomic E-state index is -0.0527. The highest BCUT2D eigenvalue weighted by Gasteiger charge is 2.23. The third-order valence-corrected chi connectivity index (χ3v) is 4.49. The van der Waals surface area contributed by atoms with Gasteiger partial charge in [0.25, 0.3) is 0 Å². The summed E-state index contributed by atoms with van der Waals surface area (Å²) in [6.07, 6.45) is 3.47. The lowest BCUT2D eigenvalue weighted by molar-refractivity contribution is 0.910. The fraction of sp³-hybridized carbons (Fsp3) is 0.500. The zero-order chi connectivity index (χ0) is 9.42. The van der Waals surface area contributed by atoms with Crippen LogP contribution in [0, 0.1) is 11.3 Å². The van der Waals surface area contributed by atoms with E-state index in [1.165, 1.54) is 16.9 Å². The van der Waals surface area contributed by atoms with Crippen LogP contribution in [-0.4, -0.2) is 0 Å². The molecule has 1 aliphatic rings. The van der Waals surface area contributed by atoms with E-state index in [1.54, 1.807) is 11.3 Å². The van der Waals surface area contributed by atoms with Crippen LogP contribution in [0.15, 0.2) is 0 Å². The van der Waals surface area contributed by atoms with Crippen molar-refractivity contribution in [3.63, 3.8) is 0 Å². The van der Waals surface area contributed by atoms with Crippen molar-refractivity contribution in [3.8, 4) is 6.07 Å². The Hall–Kier alpha value is -0.520. The SMILES string of the molecule is CC(C#N)c1sc2c(c1Cl)CCC2. The lowest BCUT2D eigenvalue weighted by Gasteiger charge is -1.99. The molecule has 1 unspecified atom stereocenters. The van der Waals surface area contributed by atoms with E-state index in [2.05, 4.69) is 6.07 Å². The summed E-state index contributed by atoms with van der Waals surface area (Å²) in [4.78, 5) is 2.47. The topological polar surface area (TPSA) is 23.8 Å². The molecular weight excluding hydrogens is 202 g/mol. The van der Waals surface area contributed by atoms with Crippen LogP contribution in [0.5, 0.6) is 0 Å². The first-order valence-corrected chi connectivity index (χ1v) is 5.63. The number of nitrogens with zero attached hydrogens (tertiary/aromatic N) is 1. The maximum Gasteiger partial charge on any atom is 0.0793 e. The smallest absolute Gasteiger partial charge is 0.0793 e. The molecule has 1 heterocycles. The summed E-state index contributed by atoms with van der Waals surface area (Å²) >= 11 is 7.93. The summed E-state index contributed by atoms with van der Waals surface area (Å²) in [5, 5.41) is 9.67. The Balaban J connectivity index is 2.46. The number of halogens is 1. The maximum atomic E-state index is 8.80. The Kier molecular flexibility index (Phi) is 2.31. The van der Waals surface area contributed by atoms with Crippen LogP contribution >= 0.6 is 22.9 Å². The van der Waals surface area contributed by atoms with Gasteiger partial charge in [-0.05, 0) is 31.7 Å². The lowest BCUT2D eigenvalue weighted by Crippen LogP contribution is -1.86. The van der Waals surface area contributed by atoms with E-state index < -0.39 is 0 Å². The van der Waals surface area contributed by atoms with Gasteiger partial charge in [-0.3, -0.25) is 0 Å². The fourth-order valence-electron chi connectivity index (χ4n) is 1.72. The summed E-state index contributed by atoms with van der Waals surface area (Å²) in [6, 6.07) is 2.24. The highest BCUT2D eigenvalue weighted by Crippen LogP contribution is 2.41. The molecule has 0 aromatic carbocycles. The zero-order valence-electron chi connectivity index (χ0n) is 7.43. The van der Waals surface area contributed by atoms with E-state index in [4.69, 9.17) is 16.9 Å². The van der Waals surface area contributed by atoms with Crippen molar-refractivity contribution in [3.05, 3.63) is 20.3 Å². The summed E-state index contributed by atoms with van der Waals surface area (Å²) in [5.41, 5.74) is 1.31. The average molecular weight is 212 g/mol. The summed E-state index contributed by atoms with van der Waals surface area (Å²) in [6.45, 7) is 1.91. The van der Waals surface area contributed by atoms with Gasteiger partial charge in [-0.25, -0.2) is 0 Å². The predicted molar refractivity (Wildman–Crippen MR) is 55.4 cm³/mol. The Morgan fingerprint density at radius 1 is 1.54 bits per heavy atom. The Labute approximate surface area is 87.0 Å². The van der Waals surface area contributed by atoms with E-state index >= 15 is 0 Å². The summed E-state index contributed by atoms with van der Waals surface area (Å²) in [5.74, 6) is -0.0527. The van der Waals surface area contributed by atoms with E-state index in [-0.39, 0.29) is 5.92 Å². The highest BCUT2D eigenvalue weighted by molar-refractivity contribution is 7.13. The highest BCUT2D eigenvalue weighted by atomic mass is 35.5. The van der Waals surface area contributed by atoms with E-state index in [9.17, 15) is 0 Å². The molecule has 0 spiro atoms. The monoisotopic (exact) mass is 211 g/mol. The van der Waals surface area contributed by atoms with Crippen molar-refractivity contribution >= 4 is 22.9 Å². The zero-order valence-corrected chi connectivity index (χ0v) is 9.00. The maximum absolute atomic E-state index is 8.80. The molecule has 0 fully saturated rings. The molecule has 0 amide bonds. The van der Waals surface area contributed by atoms with Crippen LogP contribution in [0.2, 0.25) is 5.02 Å². The molecule has 1 nitrogen and oxygen atoms in total. The van der Waals surface area contributed by atoms with E-state index in [0.29, 0.717) is 0 Å². The van der Waals surface area contributed by atoms with Gasteiger partial charge < -0.3 is 0 Å². The van der Waals surface area contributed by atoms with E-state index in [1.807, 2.05) is 6.92 Å². The number of aryl methyl sites for hydroxylation is 1. The number of thiophene rings is 1. The van der Waals surface area contributed by atoms with Gasteiger partial charge in [0.1, 0.15) is 0 Å². The van der Waals surface area contributed by atoms with Crippen LogP contribution in [0.25, 0.3) is 0 Å². The van der Waals surface area contributed by atoms with Crippen molar-refractivity contribution < 1.29 is 0 Å². The largest absolute Gasteiger partial charge is 0.198 e. The Morgan fingerprint density at radius 3 is 2.92 bits per heavy atom. The molecule has 3 heteroatoms. The standard InChI is InChI=1S/C10H10ClNS/c1-6(5-12)10-9(11)7-3-2-4-8(7)13-10/h6H,2-4H2,1H3. The molecule has 0 aliphatic heterocycles. The number of rotatable bonds is 1. The molecule has 1 aliphatic carbocycles. The molecule has 1 aromatic heterocycles. The van der Waals surface area contributed by atoms with Crippen LogP contribution in [0.3, 0.4) is 0 Å². The fourth-order valence-corrected chi connectivity index (χ4v) is 3.55. The second-order valence-electron chi connectivity index (χ2n) is 3.39. The van der Waals surface area contributed by atoms with Gasteiger partial charge in [-0.2, -0.15) is 5.26 Å². The lowest BCUT2D eigenvalue weighted by atomic mass is 10.1. The molecule has 2 rings (SSSR count). The van der Waals surface area contributed by atoms with Crippen LogP contribution in [0.4, 0.5) is 0 Å². The minimum Gasteiger partial charge on any atom is -0.198 e. The Morgan fingerprint density at radius 2 is 2.31 bits per heavy atom. The predicted octanol–water partition coefficient (Wildman–Crippen LogP) is 3.52. The van der Waals surface area contributed by atoms with Crippen LogP contribution < -0.4 is 0 Å². The van der Waals surface area contributed by atoms with Gasteiger partial charge in [0.05, 0.1) is 17.0 Å². The first-order chi connectivity index (χ1) is 6.24. The van der Waals surface area contributed by atoms with Gasteiger partial charge >= 0.3 is 0 Å². The molecule has 1 aromatic rings. The molecule has 0 saturated heterocycles. The van der Waals surface area contributed by atoms with Crippen molar-refractivity contribution in [1.82, 2.24) is 0 Å². The van der Waals surface area contributed by atoms with Crippen LogP contribution in [-0.2, 0) is 12.8 Å². The number of nitriles is 1. The van der Waals surface area contributed by atoms with Gasteiger partial charge in [-0.1, -0.05) is 11.6 Å². The van der Waals surface area contributed by atoms with E-state index in [0.717, 1.165) is 22.7 Å². The summed E-state index contributed by atoms with van der Waals surface area (Å²) in [7, 11) is 0. The van der Waals surface area contributed by atoms with Crippen molar-refractivity contribution in [2.24, 2.45) is 0 Å². The molecule has 1 atom stereocenters. The minimum absolute atomic E-state index is 0.0527. The van der Waals surface area contributed by atoms with Gasteiger partial charge in [0.2, 0.25) is 0 Å². The molecule has 68 valence electrons. The van der Waals surface area contributed by atoms with Gasteiger partial charge in [0.15, 0.2) is 0 Å². The molecule has 0 N–H and O–H groups in total. The van der Waals surface area contributed by atoms with Crippen LogP contribution in [0.1, 0.15) is 34.6 Å². The Bertz CT molecular complexity index is 375. The normalized spacial score (nSPS) is 16.7. The second-order valence-corrected chi connectivity index (χ2v) is 4.90. The quantitative estimate of drug-likeness (QED) is 0.698.